The number of amides is 2. The molecule has 0 aliphatic heterocycles. The summed E-state index contributed by atoms with van der Waals surface area (Å²) in [5, 5.41) is 15.8. The van der Waals surface area contributed by atoms with Crippen LogP contribution in [-0.2, 0) is 0 Å². The van der Waals surface area contributed by atoms with Crippen LogP contribution in [0.1, 0.15) is 5.56 Å². The molecule has 0 fully saturated rings. The van der Waals surface area contributed by atoms with Gasteiger partial charge in [-0.05, 0) is 17.7 Å². The number of nitrogens with one attached hydrogen (secondary N) is 2. The van der Waals surface area contributed by atoms with Crippen molar-refractivity contribution < 1.29 is 14.5 Å². The number of hydrogen-bond acceptors (Lipinski definition) is 4. The van der Waals surface area contributed by atoms with Crippen LogP contribution >= 0.6 is 0 Å². The van der Waals surface area contributed by atoms with Crippen LogP contribution in [0.15, 0.2) is 54.7 Å². The van der Waals surface area contributed by atoms with Crippen molar-refractivity contribution in [2.75, 3.05) is 12.4 Å². The maximum Gasteiger partial charge on any atom is 0.323 e. The summed E-state index contributed by atoms with van der Waals surface area (Å²) in [6.07, 6.45) is 3.25. The van der Waals surface area contributed by atoms with Crippen molar-refractivity contribution in [2.24, 2.45) is 0 Å². The van der Waals surface area contributed by atoms with Crippen molar-refractivity contribution in [1.29, 1.82) is 0 Å². The first-order valence-corrected chi connectivity index (χ1v) is 6.71. The number of carbonyl (C=O) groups is 1. The SMILES string of the molecule is COc1cc([N+](=O)[O-])ccc1NC(=O)N/C=C/c1ccccc1. The number of ether oxygens (including phenoxy) is 1. The summed E-state index contributed by atoms with van der Waals surface area (Å²) in [7, 11) is 1.37. The number of anilines is 1. The van der Waals surface area contributed by atoms with Gasteiger partial charge in [-0.15, -0.1) is 0 Å². The van der Waals surface area contributed by atoms with Gasteiger partial charge in [-0.25, -0.2) is 4.79 Å². The zero-order valence-corrected chi connectivity index (χ0v) is 12.4. The molecule has 2 aromatic rings. The Bertz CT molecular complexity index is 729. The second kappa shape index (κ2) is 7.60. The lowest BCUT2D eigenvalue weighted by molar-refractivity contribution is -0.384. The van der Waals surface area contributed by atoms with Gasteiger partial charge in [0.05, 0.1) is 23.8 Å². The molecule has 0 aliphatic carbocycles. The third-order valence-electron chi connectivity index (χ3n) is 2.93. The Morgan fingerprint density at radius 3 is 2.61 bits per heavy atom. The third-order valence-corrected chi connectivity index (χ3v) is 2.93. The Kier molecular flexibility index (Phi) is 5.30. The van der Waals surface area contributed by atoms with Gasteiger partial charge >= 0.3 is 6.03 Å². The minimum atomic E-state index is -0.533. The van der Waals surface area contributed by atoms with E-state index in [0.29, 0.717) is 5.69 Å². The normalized spacial score (nSPS) is 10.3. The molecule has 2 N–H and O–H groups in total. The molecule has 7 nitrogen and oxygen atoms in total. The van der Waals surface area contributed by atoms with Gasteiger partial charge in [-0.1, -0.05) is 30.3 Å². The van der Waals surface area contributed by atoms with E-state index in [1.54, 1.807) is 6.08 Å². The van der Waals surface area contributed by atoms with E-state index < -0.39 is 11.0 Å². The van der Waals surface area contributed by atoms with Crippen molar-refractivity contribution >= 4 is 23.5 Å². The molecular formula is C16H15N3O4. The monoisotopic (exact) mass is 313 g/mol. The average molecular weight is 313 g/mol. The number of benzene rings is 2. The molecule has 0 spiro atoms. The molecule has 0 unspecified atom stereocenters. The molecule has 0 aliphatic rings. The molecule has 0 atom stereocenters. The topological polar surface area (TPSA) is 93.5 Å². The highest BCUT2D eigenvalue weighted by Gasteiger charge is 2.12. The summed E-state index contributed by atoms with van der Waals surface area (Å²) in [6.45, 7) is 0. The van der Waals surface area contributed by atoms with Crippen molar-refractivity contribution in [3.8, 4) is 5.75 Å². The van der Waals surface area contributed by atoms with Gasteiger partial charge in [-0.3, -0.25) is 10.1 Å². The number of carbonyl (C=O) groups excluding carboxylic acids is 1. The first kappa shape index (κ1) is 16.0. The largest absolute Gasteiger partial charge is 0.494 e. The molecule has 2 aromatic carbocycles. The number of urea groups is 1. The third kappa shape index (κ3) is 4.57. The van der Waals surface area contributed by atoms with Crippen LogP contribution in [0.25, 0.3) is 6.08 Å². The summed E-state index contributed by atoms with van der Waals surface area (Å²) in [4.78, 5) is 22.0. The Morgan fingerprint density at radius 2 is 1.96 bits per heavy atom. The van der Waals surface area contributed by atoms with Gasteiger partial charge < -0.3 is 15.4 Å². The van der Waals surface area contributed by atoms with Crippen LogP contribution in [0.2, 0.25) is 0 Å². The predicted molar refractivity (Wildman–Crippen MR) is 87.3 cm³/mol. The maximum atomic E-state index is 11.8. The fourth-order valence-electron chi connectivity index (χ4n) is 1.83. The minimum absolute atomic E-state index is 0.114. The second-order valence-corrected chi connectivity index (χ2v) is 4.48. The van der Waals surface area contributed by atoms with E-state index in [1.165, 1.54) is 31.5 Å². The number of nitro benzene ring substituents is 1. The van der Waals surface area contributed by atoms with Crippen molar-refractivity contribution in [3.05, 3.63) is 70.4 Å². The number of methoxy groups -OCH3 is 1. The molecule has 7 heteroatoms. The van der Waals surface area contributed by atoms with Crippen LogP contribution < -0.4 is 15.4 Å². The minimum Gasteiger partial charge on any atom is -0.494 e. The molecule has 0 saturated heterocycles. The summed E-state index contributed by atoms with van der Waals surface area (Å²) in [6, 6.07) is 12.9. The maximum absolute atomic E-state index is 11.8. The molecule has 0 aromatic heterocycles. The zero-order chi connectivity index (χ0) is 16.7. The first-order valence-electron chi connectivity index (χ1n) is 6.71. The van der Waals surface area contributed by atoms with E-state index in [1.807, 2.05) is 30.3 Å². The summed E-state index contributed by atoms with van der Waals surface area (Å²) < 4.78 is 5.05. The van der Waals surface area contributed by atoms with Crippen molar-refractivity contribution in [1.82, 2.24) is 5.32 Å². The van der Waals surface area contributed by atoms with Gasteiger partial charge in [0.1, 0.15) is 5.75 Å². The van der Waals surface area contributed by atoms with E-state index in [0.717, 1.165) is 5.56 Å². The highest BCUT2D eigenvalue weighted by atomic mass is 16.6. The Labute approximate surface area is 132 Å². The Balaban J connectivity index is 2.00. The van der Waals surface area contributed by atoms with Crippen LogP contribution in [0.3, 0.4) is 0 Å². The molecule has 0 bridgehead atoms. The van der Waals surface area contributed by atoms with Crippen LogP contribution in [-0.4, -0.2) is 18.1 Å². The van der Waals surface area contributed by atoms with Gasteiger partial charge in [-0.2, -0.15) is 0 Å². The van der Waals surface area contributed by atoms with E-state index in [2.05, 4.69) is 10.6 Å². The lowest BCUT2D eigenvalue weighted by Gasteiger charge is -2.09. The summed E-state index contributed by atoms with van der Waals surface area (Å²) >= 11 is 0. The molecule has 2 amide bonds. The number of nitrogens with zero attached hydrogens (tertiary/aromatic N) is 1. The van der Waals surface area contributed by atoms with Crippen LogP contribution in [0.4, 0.5) is 16.2 Å². The smallest absolute Gasteiger partial charge is 0.323 e. The van der Waals surface area contributed by atoms with Crippen molar-refractivity contribution in [2.45, 2.75) is 0 Å². The zero-order valence-electron chi connectivity index (χ0n) is 12.4. The van der Waals surface area contributed by atoms with Crippen LogP contribution in [0, 0.1) is 10.1 Å². The number of rotatable bonds is 5. The van der Waals surface area contributed by atoms with E-state index in [-0.39, 0.29) is 11.4 Å². The van der Waals surface area contributed by atoms with Gasteiger partial charge in [0.25, 0.3) is 5.69 Å². The standard InChI is InChI=1S/C16H15N3O4/c1-23-15-11-13(19(21)22)7-8-14(15)18-16(20)17-10-9-12-5-3-2-4-6-12/h2-11H,1H3,(H2,17,18,20)/b10-9+. The van der Waals surface area contributed by atoms with E-state index >= 15 is 0 Å². The Morgan fingerprint density at radius 1 is 1.22 bits per heavy atom. The van der Waals surface area contributed by atoms with Crippen LogP contribution in [0.5, 0.6) is 5.75 Å². The average Bonchev–Trinajstić information content (AvgIpc) is 2.56. The molecule has 0 radical (unpaired) electrons. The molecule has 0 heterocycles. The highest BCUT2D eigenvalue weighted by molar-refractivity contribution is 5.92. The highest BCUT2D eigenvalue weighted by Crippen LogP contribution is 2.28. The molecular weight excluding hydrogens is 298 g/mol. The lowest BCUT2D eigenvalue weighted by atomic mass is 10.2. The van der Waals surface area contributed by atoms with Gasteiger partial charge in [0.15, 0.2) is 0 Å². The molecule has 2 rings (SSSR count). The lowest BCUT2D eigenvalue weighted by Crippen LogP contribution is -2.24. The fourth-order valence-corrected chi connectivity index (χ4v) is 1.83. The molecule has 23 heavy (non-hydrogen) atoms. The predicted octanol–water partition coefficient (Wildman–Crippen LogP) is 3.40. The van der Waals surface area contributed by atoms with E-state index in [9.17, 15) is 14.9 Å². The number of hydrogen-bond donors (Lipinski definition) is 2. The molecule has 0 saturated carbocycles. The second-order valence-electron chi connectivity index (χ2n) is 4.48. The first-order chi connectivity index (χ1) is 11.1. The molecule has 118 valence electrons. The summed E-state index contributed by atoms with van der Waals surface area (Å²) in [5.41, 5.74) is 1.17. The Hall–Kier alpha value is -3.35. The fraction of sp³-hybridized carbons (Fsp3) is 0.0625. The van der Waals surface area contributed by atoms with E-state index in [4.69, 9.17) is 4.74 Å². The number of non-ortho nitro benzene ring substituents is 1. The van der Waals surface area contributed by atoms with Gasteiger partial charge in [0, 0.05) is 12.3 Å². The summed E-state index contributed by atoms with van der Waals surface area (Å²) in [5.74, 6) is 0.210. The quantitative estimate of drug-likeness (QED) is 0.653. The van der Waals surface area contributed by atoms with Crippen molar-refractivity contribution in [3.63, 3.8) is 0 Å². The number of nitro groups is 1. The van der Waals surface area contributed by atoms with Gasteiger partial charge in [0.2, 0.25) is 0 Å².